The van der Waals surface area contributed by atoms with Crippen molar-refractivity contribution in [3.8, 4) is 11.3 Å². The van der Waals surface area contributed by atoms with Crippen molar-refractivity contribution in [2.75, 3.05) is 45.9 Å². The van der Waals surface area contributed by atoms with E-state index in [-0.39, 0.29) is 11.9 Å². The van der Waals surface area contributed by atoms with E-state index in [1.807, 2.05) is 16.2 Å². The second kappa shape index (κ2) is 7.22. The second-order valence-electron chi connectivity index (χ2n) is 8.93. The molecule has 0 N–H and O–H groups in total. The summed E-state index contributed by atoms with van der Waals surface area (Å²) in [4.78, 5) is 19.5. The molecule has 6 rings (SSSR count). The van der Waals surface area contributed by atoms with Gasteiger partial charge in [0.2, 0.25) is 0 Å². The van der Waals surface area contributed by atoms with Crippen LogP contribution in [0.25, 0.3) is 11.3 Å². The van der Waals surface area contributed by atoms with Gasteiger partial charge in [-0.3, -0.25) is 14.4 Å². The molecule has 4 aliphatic rings. The lowest BCUT2D eigenvalue weighted by atomic mass is 9.94. The van der Waals surface area contributed by atoms with E-state index in [0.717, 1.165) is 63.5 Å². The van der Waals surface area contributed by atoms with Crippen LogP contribution in [0.4, 0.5) is 0 Å². The zero-order chi connectivity index (χ0) is 19.4. The lowest BCUT2D eigenvalue weighted by Crippen LogP contribution is -2.49. The molecule has 1 amide bonds. The maximum atomic E-state index is 13.5. The highest BCUT2D eigenvalue weighted by Crippen LogP contribution is 2.40. The normalized spacial score (nSPS) is 24.6. The minimum absolute atomic E-state index is 0.128. The third-order valence-electron chi connectivity index (χ3n) is 6.94. The van der Waals surface area contributed by atoms with E-state index in [1.165, 1.54) is 35.5 Å². The molecule has 1 atom stereocenters. The van der Waals surface area contributed by atoms with Gasteiger partial charge in [-0.1, -0.05) is 0 Å². The lowest BCUT2D eigenvalue weighted by Gasteiger charge is -2.34. The zero-order valence-corrected chi connectivity index (χ0v) is 17.6. The molecule has 2 aliphatic carbocycles. The topological polar surface area (TPSA) is 50.6 Å². The van der Waals surface area contributed by atoms with Crippen LogP contribution in [0.3, 0.4) is 0 Å². The zero-order valence-electron chi connectivity index (χ0n) is 16.8. The fourth-order valence-electron chi connectivity index (χ4n) is 5.07. The molecule has 1 saturated carbocycles. The highest BCUT2D eigenvalue weighted by atomic mass is 32.1. The maximum Gasteiger partial charge on any atom is 0.274 e. The Morgan fingerprint density at radius 3 is 2.79 bits per heavy atom. The Morgan fingerprint density at radius 2 is 2.03 bits per heavy atom. The first-order valence-corrected chi connectivity index (χ1v) is 11.9. The smallest absolute Gasteiger partial charge is 0.274 e. The summed E-state index contributed by atoms with van der Waals surface area (Å²) < 4.78 is 7.78. The molecule has 0 aromatic carbocycles. The van der Waals surface area contributed by atoms with Gasteiger partial charge < -0.3 is 9.64 Å². The monoisotopic (exact) mass is 412 g/mol. The largest absolute Gasteiger partial charge is 0.379 e. The molecule has 2 saturated heterocycles. The van der Waals surface area contributed by atoms with Crippen LogP contribution in [0.1, 0.15) is 46.2 Å². The Hall–Kier alpha value is -1.70. The standard InChI is InChI=1S/C22H28N4O2S/c27-22(25-9-7-24(8-10-25)13-15-1-2-15)20-18-3-4-19-17(6-12-29-19)21(18)26(23-20)16-5-11-28-14-16/h6,12,15-16H,1-5,7-11,13-14H2. The summed E-state index contributed by atoms with van der Waals surface area (Å²) in [6.45, 7) is 6.33. The van der Waals surface area contributed by atoms with Gasteiger partial charge in [0.15, 0.2) is 5.69 Å². The summed E-state index contributed by atoms with van der Waals surface area (Å²) in [5.74, 6) is 1.04. The molecule has 1 unspecified atom stereocenters. The molecular formula is C22H28N4O2S. The number of thiophene rings is 1. The van der Waals surface area contributed by atoms with E-state index >= 15 is 0 Å². The van der Waals surface area contributed by atoms with Gasteiger partial charge in [-0.25, -0.2) is 0 Å². The van der Waals surface area contributed by atoms with Crippen LogP contribution in [0.5, 0.6) is 0 Å². The minimum atomic E-state index is 0.128. The Kier molecular flexibility index (Phi) is 4.50. The molecule has 0 bridgehead atoms. The number of aromatic nitrogens is 2. The molecule has 7 heteroatoms. The van der Waals surface area contributed by atoms with E-state index in [0.29, 0.717) is 12.3 Å². The summed E-state index contributed by atoms with van der Waals surface area (Å²) in [6, 6.07) is 2.45. The highest BCUT2D eigenvalue weighted by Gasteiger charge is 2.35. The third-order valence-corrected chi connectivity index (χ3v) is 7.92. The first-order chi connectivity index (χ1) is 14.3. The summed E-state index contributed by atoms with van der Waals surface area (Å²) in [5, 5.41) is 7.11. The number of carbonyl (C=O) groups excluding carboxylic acids is 1. The van der Waals surface area contributed by atoms with Gasteiger partial charge in [0, 0.05) is 55.3 Å². The average molecular weight is 413 g/mol. The van der Waals surface area contributed by atoms with E-state index in [1.54, 1.807) is 0 Å². The van der Waals surface area contributed by atoms with Crippen LogP contribution < -0.4 is 0 Å². The maximum absolute atomic E-state index is 13.5. The van der Waals surface area contributed by atoms with Crippen LogP contribution in [0.2, 0.25) is 0 Å². The van der Waals surface area contributed by atoms with E-state index in [9.17, 15) is 4.79 Å². The highest BCUT2D eigenvalue weighted by molar-refractivity contribution is 7.10. The number of rotatable bonds is 4. The van der Waals surface area contributed by atoms with Crippen LogP contribution in [0, 0.1) is 5.92 Å². The van der Waals surface area contributed by atoms with Gasteiger partial charge in [-0.2, -0.15) is 5.10 Å². The van der Waals surface area contributed by atoms with Crippen molar-refractivity contribution in [2.45, 2.75) is 38.1 Å². The van der Waals surface area contributed by atoms with Gasteiger partial charge in [-0.05, 0) is 49.5 Å². The molecule has 4 heterocycles. The molecule has 2 aromatic heterocycles. The van der Waals surface area contributed by atoms with Crippen molar-refractivity contribution in [1.82, 2.24) is 19.6 Å². The molecule has 29 heavy (non-hydrogen) atoms. The molecule has 3 fully saturated rings. The minimum Gasteiger partial charge on any atom is -0.379 e. The number of ether oxygens (including phenoxy) is 1. The molecule has 2 aromatic rings. The summed E-state index contributed by atoms with van der Waals surface area (Å²) in [6.07, 6.45) is 5.68. The number of piperazine rings is 1. The van der Waals surface area contributed by atoms with Crippen LogP contribution in [0.15, 0.2) is 11.4 Å². The summed E-state index contributed by atoms with van der Waals surface area (Å²) >= 11 is 1.82. The summed E-state index contributed by atoms with van der Waals surface area (Å²) in [7, 11) is 0. The molecular weight excluding hydrogens is 384 g/mol. The van der Waals surface area contributed by atoms with Gasteiger partial charge in [0.25, 0.3) is 5.91 Å². The quantitative estimate of drug-likeness (QED) is 0.775. The molecule has 2 aliphatic heterocycles. The first kappa shape index (κ1) is 18.1. The van der Waals surface area contributed by atoms with Crippen molar-refractivity contribution in [1.29, 1.82) is 0 Å². The van der Waals surface area contributed by atoms with Crippen molar-refractivity contribution < 1.29 is 9.53 Å². The SMILES string of the molecule is O=C(c1nn(C2CCOC2)c2c1CCc1sccc1-2)N1CCN(CC2CC2)CC1. The first-order valence-electron chi connectivity index (χ1n) is 11.1. The fourth-order valence-corrected chi connectivity index (χ4v) is 5.95. The molecule has 0 radical (unpaired) electrons. The average Bonchev–Trinajstić information content (AvgIpc) is 3.17. The van der Waals surface area contributed by atoms with Gasteiger partial charge in [0.1, 0.15) is 0 Å². The Morgan fingerprint density at radius 1 is 1.17 bits per heavy atom. The number of hydrogen-bond donors (Lipinski definition) is 0. The Labute approximate surface area is 175 Å². The van der Waals surface area contributed by atoms with Crippen molar-refractivity contribution in [2.24, 2.45) is 5.92 Å². The number of amides is 1. The number of hydrogen-bond acceptors (Lipinski definition) is 5. The Balaban J connectivity index is 1.29. The van der Waals surface area contributed by atoms with E-state index < -0.39 is 0 Å². The van der Waals surface area contributed by atoms with Crippen LogP contribution >= 0.6 is 11.3 Å². The number of aryl methyl sites for hydroxylation is 1. The molecule has 154 valence electrons. The van der Waals surface area contributed by atoms with E-state index in [2.05, 4.69) is 21.0 Å². The number of nitrogens with zero attached hydrogens (tertiary/aromatic N) is 4. The fraction of sp³-hybridized carbons (Fsp3) is 0.636. The predicted molar refractivity (Wildman–Crippen MR) is 112 cm³/mol. The predicted octanol–water partition coefficient (Wildman–Crippen LogP) is 2.84. The van der Waals surface area contributed by atoms with Crippen molar-refractivity contribution in [3.63, 3.8) is 0 Å². The summed E-state index contributed by atoms with van der Waals surface area (Å²) in [5.41, 5.74) is 4.32. The van der Waals surface area contributed by atoms with Gasteiger partial charge in [-0.15, -0.1) is 11.3 Å². The lowest BCUT2D eigenvalue weighted by molar-refractivity contribution is 0.0624. The second-order valence-corrected chi connectivity index (χ2v) is 9.93. The van der Waals surface area contributed by atoms with Gasteiger partial charge >= 0.3 is 0 Å². The van der Waals surface area contributed by atoms with Crippen molar-refractivity contribution >= 4 is 17.2 Å². The van der Waals surface area contributed by atoms with Gasteiger partial charge in [0.05, 0.1) is 18.3 Å². The van der Waals surface area contributed by atoms with Crippen molar-refractivity contribution in [3.05, 3.63) is 27.6 Å². The van der Waals surface area contributed by atoms with Crippen LogP contribution in [-0.4, -0.2) is 71.4 Å². The number of carbonyl (C=O) groups is 1. The molecule has 0 spiro atoms. The van der Waals surface area contributed by atoms with E-state index in [4.69, 9.17) is 9.84 Å². The third kappa shape index (κ3) is 3.23. The molecule has 6 nitrogen and oxygen atoms in total. The number of fused-ring (bicyclic) bond motifs is 3. The Bertz CT molecular complexity index is 917. The van der Waals surface area contributed by atoms with Crippen LogP contribution in [-0.2, 0) is 17.6 Å².